The van der Waals surface area contributed by atoms with Crippen molar-refractivity contribution in [2.75, 3.05) is 14.2 Å². The molecule has 1 amide bonds. The van der Waals surface area contributed by atoms with Gasteiger partial charge in [0.1, 0.15) is 21.4 Å². The molecule has 0 spiro atoms. The number of carbonyl (C=O) groups is 1. The number of hydrogen-bond donors (Lipinski definition) is 1. The predicted molar refractivity (Wildman–Crippen MR) is 103 cm³/mol. The molecule has 0 radical (unpaired) electrons. The molecule has 2 aromatic carbocycles. The van der Waals surface area contributed by atoms with Crippen LogP contribution in [0.2, 0.25) is 5.02 Å². The third-order valence-electron chi connectivity index (χ3n) is 3.77. The molecule has 1 heterocycles. The number of nitrogens with one attached hydrogen (secondary N) is 1. The summed E-state index contributed by atoms with van der Waals surface area (Å²) >= 11 is 7.49. The minimum Gasteiger partial charge on any atom is -0.497 e. The Bertz CT molecular complexity index is 927. The molecule has 0 atom stereocenters. The number of methoxy groups -OCH3 is 2. The molecule has 0 saturated carbocycles. The number of benzene rings is 2. The van der Waals surface area contributed by atoms with Crippen molar-refractivity contribution >= 4 is 28.8 Å². The number of hydrogen-bond acceptors (Lipinski definition) is 5. The van der Waals surface area contributed by atoms with E-state index in [1.165, 1.54) is 11.3 Å². The molecular formula is C19H17ClN2O3S. The summed E-state index contributed by atoms with van der Waals surface area (Å²) in [5.41, 5.74) is 1.67. The number of thiazole rings is 1. The molecule has 3 rings (SSSR count). The zero-order valence-corrected chi connectivity index (χ0v) is 15.9. The minimum atomic E-state index is -0.196. The van der Waals surface area contributed by atoms with Gasteiger partial charge in [-0.3, -0.25) is 4.79 Å². The Hall–Kier alpha value is -2.57. The van der Waals surface area contributed by atoms with Gasteiger partial charge in [0.25, 0.3) is 5.91 Å². The van der Waals surface area contributed by atoms with Crippen LogP contribution in [0.15, 0.2) is 48.7 Å². The van der Waals surface area contributed by atoms with Gasteiger partial charge in [-0.25, -0.2) is 4.98 Å². The summed E-state index contributed by atoms with van der Waals surface area (Å²) in [5, 5.41) is 4.20. The van der Waals surface area contributed by atoms with E-state index in [0.29, 0.717) is 33.0 Å². The molecule has 1 N–H and O–H groups in total. The van der Waals surface area contributed by atoms with E-state index in [2.05, 4.69) is 10.3 Å². The van der Waals surface area contributed by atoms with Gasteiger partial charge in [-0.05, 0) is 18.2 Å². The van der Waals surface area contributed by atoms with Crippen LogP contribution in [-0.2, 0) is 6.54 Å². The van der Waals surface area contributed by atoms with Gasteiger partial charge in [0.2, 0.25) is 0 Å². The van der Waals surface area contributed by atoms with Crippen molar-refractivity contribution in [3.63, 3.8) is 0 Å². The van der Waals surface area contributed by atoms with Crippen LogP contribution in [0.1, 0.15) is 15.2 Å². The standard InChI is InChI=1S/C19H17ClN2O3S/c1-24-13-8-7-12(16(9-13)25-2)10-21-18(23)17-11-22-19(26-17)14-5-3-4-6-15(14)20/h3-9,11H,10H2,1-2H3,(H,21,23). The van der Waals surface area contributed by atoms with E-state index >= 15 is 0 Å². The fourth-order valence-corrected chi connectivity index (χ4v) is 3.55. The van der Waals surface area contributed by atoms with Crippen molar-refractivity contribution in [3.05, 3.63) is 64.1 Å². The largest absolute Gasteiger partial charge is 0.497 e. The van der Waals surface area contributed by atoms with Gasteiger partial charge >= 0.3 is 0 Å². The maximum absolute atomic E-state index is 12.4. The second-order valence-corrected chi connectivity index (χ2v) is 6.81. The van der Waals surface area contributed by atoms with Gasteiger partial charge in [0, 0.05) is 23.7 Å². The fraction of sp³-hybridized carbons (Fsp3) is 0.158. The highest BCUT2D eigenvalue weighted by molar-refractivity contribution is 7.17. The lowest BCUT2D eigenvalue weighted by Gasteiger charge is -2.10. The average Bonchev–Trinajstić information content (AvgIpc) is 3.16. The highest BCUT2D eigenvalue weighted by Gasteiger charge is 2.14. The van der Waals surface area contributed by atoms with Crippen LogP contribution < -0.4 is 14.8 Å². The van der Waals surface area contributed by atoms with Crippen molar-refractivity contribution < 1.29 is 14.3 Å². The van der Waals surface area contributed by atoms with E-state index in [1.807, 2.05) is 30.3 Å². The maximum atomic E-state index is 12.4. The Balaban J connectivity index is 1.71. The summed E-state index contributed by atoms with van der Waals surface area (Å²) in [7, 11) is 3.18. The smallest absolute Gasteiger partial charge is 0.263 e. The SMILES string of the molecule is COc1ccc(CNC(=O)c2cnc(-c3ccccc3Cl)s2)c(OC)c1. The van der Waals surface area contributed by atoms with Gasteiger partial charge in [0.15, 0.2) is 0 Å². The molecule has 26 heavy (non-hydrogen) atoms. The number of amides is 1. The van der Waals surface area contributed by atoms with E-state index in [9.17, 15) is 4.79 Å². The Morgan fingerprint density at radius 1 is 1.19 bits per heavy atom. The zero-order chi connectivity index (χ0) is 18.5. The molecule has 134 valence electrons. The first-order chi connectivity index (χ1) is 12.6. The number of nitrogens with zero attached hydrogens (tertiary/aromatic N) is 1. The number of ether oxygens (including phenoxy) is 2. The fourth-order valence-electron chi connectivity index (χ4n) is 2.40. The average molecular weight is 389 g/mol. The third kappa shape index (κ3) is 3.98. The molecule has 1 aromatic heterocycles. The van der Waals surface area contributed by atoms with Crippen LogP contribution in [0.25, 0.3) is 10.6 Å². The van der Waals surface area contributed by atoms with Gasteiger partial charge in [-0.15, -0.1) is 11.3 Å². The summed E-state index contributed by atoms with van der Waals surface area (Å²) < 4.78 is 10.5. The third-order valence-corrected chi connectivity index (χ3v) is 5.13. The Labute approximate surface area is 160 Å². The lowest BCUT2D eigenvalue weighted by atomic mass is 10.2. The predicted octanol–water partition coefficient (Wildman–Crippen LogP) is 4.41. The summed E-state index contributed by atoms with van der Waals surface area (Å²) in [5.74, 6) is 1.16. The first-order valence-electron chi connectivity index (χ1n) is 7.82. The normalized spacial score (nSPS) is 10.4. The highest BCUT2D eigenvalue weighted by Crippen LogP contribution is 2.31. The van der Waals surface area contributed by atoms with Crippen LogP contribution in [-0.4, -0.2) is 25.1 Å². The molecule has 7 heteroatoms. The molecule has 5 nitrogen and oxygen atoms in total. The summed E-state index contributed by atoms with van der Waals surface area (Å²) in [6, 6.07) is 12.9. The van der Waals surface area contributed by atoms with Crippen molar-refractivity contribution in [2.24, 2.45) is 0 Å². The first kappa shape index (κ1) is 18.2. The molecule has 0 bridgehead atoms. The van der Waals surface area contributed by atoms with E-state index in [0.717, 1.165) is 11.1 Å². The van der Waals surface area contributed by atoms with Gasteiger partial charge < -0.3 is 14.8 Å². The Morgan fingerprint density at radius 2 is 2.00 bits per heavy atom. The Kier molecular flexibility index (Phi) is 5.75. The van der Waals surface area contributed by atoms with Crippen molar-refractivity contribution in [1.29, 1.82) is 0 Å². The topological polar surface area (TPSA) is 60.5 Å². The number of rotatable bonds is 6. The molecule has 0 fully saturated rings. The number of halogens is 1. The lowest BCUT2D eigenvalue weighted by Crippen LogP contribution is -2.22. The maximum Gasteiger partial charge on any atom is 0.263 e. The highest BCUT2D eigenvalue weighted by atomic mass is 35.5. The quantitative estimate of drug-likeness (QED) is 0.679. The van der Waals surface area contributed by atoms with Gasteiger partial charge in [-0.1, -0.05) is 29.8 Å². The summed E-state index contributed by atoms with van der Waals surface area (Å²) in [4.78, 5) is 17.3. The van der Waals surface area contributed by atoms with E-state index in [4.69, 9.17) is 21.1 Å². The van der Waals surface area contributed by atoms with Crippen LogP contribution in [0.5, 0.6) is 11.5 Å². The molecular weight excluding hydrogens is 372 g/mol. The van der Waals surface area contributed by atoms with Gasteiger partial charge in [-0.2, -0.15) is 0 Å². The summed E-state index contributed by atoms with van der Waals surface area (Å²) in [6.45, 7) is 0.339. The van der Waals surface area contributed by atoms with Crippen LogP contribution in [0.3, 0.4) is 0 Å². The monoisotopic (exact) mass is 388 g/mol. The number of aromatic nitrogens is 1. The van der Waals surface area contributed by atoms with E-state index < -0.39 is 0 Å². The number of carbonyl (C=O) groups excluding carboxylic acids is 1. The van der Waals surface area contributed by atoms with Crippen molar-refractivity contribution in [1.82, 2.24) is 10.3 Å². The molecule has 0 aliphatic rings. The van der Waals surface area contributed by atoms with Crippen LogP contribution >= 0.6 is 22.9 Å². The molecule has 0 unspecified atom stereocenters. The van der Waals surface area contributed by atoms with Crippen molar-refractivity contribution in [2.45, 2.75) is 6.54 Å². The zero-order valence-electron chi connectivity index (χ0n) is 14.3. The lowest BCUT2D eigenvalue weighted by molar-refractivity contribution is 0.0954. The molecule has 0 saturated heterocycles. The van der Waals surface area contributed by atoms with Crippen molar-refractivity contribution in [3.8, 4) is 22.1 Å². The van der Waals surface area contributed by atoms with E-state index in [1.54, 1.807) is 32.5 Å². The van der Waals surface area contributed by atoms with Crippen LogP contribution in [0, 0.1) is 0 Å². The summed E-state index contributed by atoms with van der Waals surface area (Å²) in [6.07, 6.45) is 1.56. The van der Waals surface area contributed by atoms with E-state index in [-0.39, 0.29) is 5.91 Å². The second-order valence-electron chi connectivity index (χ2n) is 5.37. The Morgan fingerprint density at radius 3 is 2.73 bits per heavy atom. The minimum absolute atomic E-state index is 0.196. The molecule has 0 aliphatic carbocycles. The molecule has 0 aliphatic heterocycles. The van der Waals surface area contributed by atoms with Gasteiger partial charge in [0.05, 0.1) is 25.4 Å². The first-order valence-corrected chi connectivity index (χ1v) is 9.01. The second kappa shape index (κ2) is 8.21. The van der Waals surface area contributed by atoms with Crippen LogP contribution in [0.4, 0.5) is 0 Å². The molecule has 3 aromatic rings.